The van der Waals surface area contributed by atoms with Crippen molar-refractivity contribution in [3.63, 3.8) is 0 Å². The molecular formula is C23H21N3O5S. The van der Waals surface area contributed by atoms with E-state index >= 15 is 0 Å². The second-order valence-electron chi connectivity index (χ2n) is 7.23. The molecule has 0 bridgehead atoms. The molecule has 8 nitrogen and oxygen atoms in total. The first kappa shape index (κ1) is 21.7. The number of imide groups is 1. The number of benzene rings is 2. The molecule has 2 amide bonds. The van der Waals surface area contributed by atoms with Crippen molar-refractivity contribution in [2.24, 2.45) is 0 Å². The van der Waals surface area contributed by atoms with Crippen LogP contribution < -0.4 is 9.46 Å². The molecule has 9 heteroatoms. The lowest BCUT2D eigenvalue weighted by molar-refractivity contribution is 0.0654. The Morgan fingerprint density at radius 1 is 0.969 bits per heavy atom. The van der Waals surface area contributed by atoms with Gasteiger partial charge in [-0.1, -0.05) is 24.3 Å². The van der Waals surface area contributed by atoms with Gasteiger partial charge < -0.3 is 4.74 Å². The molecule has 1 aromatic heterocycles. The van der Waals surface area contributed by atoms with Gasteiger partial charge in [-0.05, 0) is 53.9 Å². The molecule has 2 aromatic carbocycles. The number of pyridine rings is 1. The highest BCUT2D eigenvalue weighted by molar-refractivity contribution is 7.89. The van der Waals surface area contributed by atoms with Crippen LogP contribution in [0, 0.1) is 0 Å². The van der Waals surface area contributed by atoms with Gasteiger partial charge in [0.15, 0.2) is 0 Å². The largest absolute Gasteiger partial charge is 0.497 e. The Labute approximate surface area is 185 Å². The number of fused-ring (bicyclic) bond motifs is 1. The number of hydrogen-bond donors (Lipinski definition) is 1. The number of hydrogen-bond acceptors (Lipinski definition) is 6. The second-order valence-corrected chi connectivity index (χ2v) is 9.00. The van der Waals surface area contributed by atoms with Crippen molar-refractivity contribution in [3.8, 4) is 5.75 Å². The standard InChI is InChI=1S/C23H21N3O5S/c1-31-18-5-2-4-17(14-18)15-25-32(29,30)19-9-7-16(8-10-19)11-13-26-22(27)20-6-3-12-24-21(20)23(26)28/h2-10,12,14,25H,11,13,15H2,1H3. The van der Waals surface area contributed by atoms with Crippen LogP contribution in [0.25, 0.3) is 0 Å². The highest BCUT2D eigenvalue weighted by atomic mass is 32.2. The molecule has 0 aliphatic carbocycles. The number of sulfonamides is 1. The average molecular weight is 452 g/mol. The lowest BCUT2D eigenvalue weighted by Gasteiger charge is -2.13. The summed E-state index contributed by atoms with van der Waals surface area (Å²) in [6.45, 7) is 0.323. The minimum Gasteiger partial charge on any atom is -0.497 e. The van der Waals surface area contributed by atoms with Gasteiger partial charge >= 0.3 is 0 Å². The van der Waals surface area contributed by atoms with Gasteiger partial charge in [0, 0.05) is 19.3 Å². The summed E-state index contributed by atoms with van der Waals surface area (Å²) in [6.07, 6.45) is 1.89. The van der Waals surface area contributed by atoms with Gasteiger partial charge in [0.2, 0.25) is 10.0 Å². The van der Waals surface area contributed by atoms with Gasteiger partial charge in [-0.25, -0.2) is 13.1 Å². The number of amides is 2. The summed E-state index contributed by atoms with van der Waals surface area (Å²) < 4.78 is 32.9. The van der Waals surface area contributed by atoms with E-state index in [-0.39, 0.29) is 29.6 Å². The summed E-state index contributed by atoms with van der Waals surface area (Å²) in [5.74, 6) is -0.120. The monoisotopic (exact) mass is 451 g/mol. The van der Waals surface area contributed by atoms with Crippen molar-refractivity contribution < 1.29 is 22.7 Å². The van der Waals surface area contributed by atoms with Crippen molar-refractivity contribution in [2.45, 2.75) is 17.9 Å². The van der Waals surface area contributed by atoms with Crippen LogP contribution in [0.2, 0.25) is 0 Å². The van der Waals surface area contributed by atoms with Crippen molar-refractivity contribution in [3.05, 3.63) is 89.2 Å². The van der Waals surface area contributed by atoms with E-state index in [1.165, 1.54) is 18.3 Å². The number of ether oxygens (including phenoxy) is 1. The minimum atomic E-state index is -3.70. The van der Waals surface area contributed by atoms with Crippen molar-refractivity contribution in [2.75, 3.05) is 13.7 Å². The summed E-state index contributed by atoms with van der Waals surface area (Å²) in [5.41, 5.74) is 2.06. The zero-order valence-electron chi connectivity index (χ0n) is 17.3. The second kappa shape index (κ2) is 8.89. The van der Waals surface area contributed by atoms with Crippen LogP contribution in [0.5, 0.6) is 5.75 Å². The molecule has 164 valence electrons. The van der Waals surface area contributed by atoms with E-state index in [0.29, 0.717) is 17.7 Å². The van der Waals surface area contributed by atoms with E-state index < -0.39 is 15.9 Å². The predicted molar refractivity (Wildman–Crippen MR) is 117 cm³/mol. The highest BCUT2D eigenvalue weighted by Gasteiger charge is 2.36. The molecule has 0 saturated carbocycles. The number of nitrogens with one attached hydrogen (secondary N) is 1. The van der Waals surface area contributed by atoms with Gasteiger partial charge in [0.1, 0.15) is 11.4 Å². The van der Waals surface area contributed by atoms with Crippen molar-refractivity contribution in [1.82, 2.24) is 14.6 Å². The molecule has 0 radical (unpaired) electrons. The third kappa shape index (κ3) is 4.39. The molecule has 4 rings (SSSR count). The number of carbonyl (C=O) groups is 2. The highest BCUT2D eigenvalue weighted by Crippen LogP contribution is 2.21. The molecule has 2 heterocycles. The fraction of sp³-hybridized carbons (Fsp3) is 0.174. The Hall–Kier alpha value is -3.56. The van der Waals surface area contributed by atoms with Gasteiger partial charge in [0.05, 0.1) is 17.6 Å². The van der Waals surface area contributed by atoms with Crippen LogP contribution in [0.15, 0.2) is 71.8 Å². The molecule has 0 saturated heterocycles. The normalized spacial score (nSPS) is 13.3. The van der Waals surface area contributed by atoms with E-state index in [9.17, 15) is 18.0 Å². The van der Waals surface area contributed by atoms with Crippen LogP contribution >= 0.6 is 0 Å². The zero-order valence-corrected chi connectivity index (χ0v) is 18.1. The molecule has 1 aliphatic rings. The van der Waals surface area contributed by atoms with E-state index in [4.69, 9.17) is 4.74 Å². The first-order chi connectivity index (χ1) is 15.4. The average Bonchev–Trinajstić information content (AvgIpc) is 3.06. The maximum Gasteiger partial charge on any atom is 0.280 e. The molecule has 1 N–H and O–H groups in total. The van der Waals surface area contributed by atoms with Crippen LogP contribution in [0.3, 0.4) is 0 Å². The quantitative estimate of drug-likeness (QED) is 0.527. The summed E-state index contributed by atoms with van der Waals surface area (Å²) >= 11 is 0. The predicted octanol–water partition coefficient (Wildman–Crippen LogP) is 2.41. The van der Waals surface area contributed by atoms with E-state index in [2.05, 4.69) is 9.71 Å². The fourth-order valence-electron chi connectivity index (χ4n) is 3.44. The fourth-order valence-corrected chi connectivity index (χ4v) is 4.45. The first-order valence-electron chi connectivity index (χ1n) is 9.92. The Kier molecular flexibility index (Phi) is 6.02. The van der Waals surface area contributed by atoms with E-state index in [1.807, 2.05) is 6.07 Å². The van der Waals surface area contributed by atoms with Crippen LogP contribution in [0.1, 0.15) is 32.0 Å². The van der Waals surface area contributed by atoms with Crippen LogP contribution in [0.4, 0.5) is 0 Å². The smallest absolute Gasteiger partial charge is 0.280 e. The van der Waals surface area contributed by atoms with Crippen LogP contribution in [-0.4, -0.2) is 43.8 Å². The van der Waals surface area contributed by atoms with Crippen molar-refractivity contribution in [1.29, 1.82) is 0 Å². The molecule has 0 spiro atoms. The number of aromatic nitrogens is 1. The molecule has 3 aromatic rings. The maximum atomic E-state index is 12.6. The SMILES string of the molecule is COc1cccc(CNS(=O)(=O)c2ccc(CCN3C(=O)c4cccnc4C3=O)cc2)c1. The van der Waals surface area contributed by atoms with Crippen molar-refractivity contribution >= 4 is 21.8 Å². The lowest BCUT2D eigenvalue weighted by atomic mass is 10.1. The number of methoxy groups -OCH3 is 1. The Morgan fingerprint density at radius 3 is 2.47 bits per heavy atom. The molecule has 0 unspecified atom stereocenters. The van der Waals surface area contributed by atoms with Gasteiger partial charge in [-0.3, -0.25) is 19.5 Å². The van der Waals surface area contributed by atoms with E-state index in [1.54, 1.807) is 49.6 Å². The number of rotatable bonds is 8. The number of carbonyl (C=O) groups excluding carboxylic acids is 2. The summed E-state index contributed by atoms with van der Waals surface area (Å²) in [5, 5.41) is 0. The Balaban J connectivity index is 1.37. The Morgan fingerprint density at radius 2 is 1.75 bits per heavy atom. The molecule has 32 heavy (non-hydrogen) atoms. The minimum absolute atomic E-state index is 0.133. The maximum absolute atomic E-state index is 12.6. The topological polar surface area (TPSA) is 106 Å². The van der Waals surface area contributed by atoms with E-state index in [0.717, 1.165) is 16.0 Å². The third-order valence-corrected chi connectivity index (χ3v) is 6.61. The summed E-state index contributed by atoms with van der Waals surface area (Å²) in [7, 11) is -2.15. The van der Waals surface area contributed by atoms with Gasteiger partial charge in [-0.15, -0.1) is 0 Å². The lowest BCUT2D eigenvalue weighted by Crippen LogP contribution is -2.31. The van der Waals surface area contributed by atoms with Gasteiger partial charge in [0.25, 0.3) is 11.8 Å². The van der Waals surface area contributed by atoms with Crippen LogP contribution in [-0.2, 0) is 23.0 Å². The van der Waals surface area contributed by atoms with Gasteiger partial charge in [-0.2, -0.15) is 0 Å². The first-order valence-corrected chi connectivity index (χ1v) is 11.4. The molecular weight excluding hydrogens is 430 g/mol. The molecule has 0 atom stereocenters. The summed E-state index contributed by atoms with van der Waals surface area (Å²) in [6, 6.07) is 16.7. The Bertz CT molecular complexity index is 1240. The zero-order chi connectivity index (χ0) is 22.7. The molecule has 1 aliphatic heterocycles. The number of nitrogens with zero attached hydrogens (tertiary/aromatic N) is 2. The summed E-state index contributed by atoms with van der Waals surface area (Å²) in [4.78, 5) is 30.1. The third-order valence-electron chi connectivity index (χ3n) is 5.19. The molecule has 0 fully saturated rings.